The molecule has 0 saturated carbocycles. The van der Waals surface area contributed by atoms with Crippen LogP contribution in [0.1, 0.15) is 17.2 Å². The van der Waals surface area contributed by atoms with Crippen LogP contribution in [0.15, 0.2) is 36.4 Å². The van der Waals surface area contributed by atoms with Crippen molar-refractivity contribution < 1.29 is 13.9 Å². The number of hydrogen-bond acceptors (Lipinski definition) is 3. The Hall–Kier alpha value is -1.78. The van der Waals surface area contributed by atoms with Gasteiger partial charge in [0.1, 0.15) is 5.75 Å². The van der Waals surface area contributed by atoms with Crippen molar-refractivity contribution in [3.05, 3.63) is 58.4 Å². The molecule has 0 bridgehead atoms. The molecule has 106 valence electrons. The second-order valence-electron chi connectivity index (χ2n) is 4.27. The maximum Gasteiger partial charge on any atom is 0.165 e. The van der Waals surface area contributed by atoms with Crippen LogP contribution in [0.2, 0.25) is 5.02 Å². The van der Waals surface area contributed by atoms with Crippen molar-refractivity contribution in [2.75, 3.05) is 14.2 Å². The predicted molar refractivity (Wildman–Crippen MR) is 77.0 cm³/mol. The van der Waals surface area contributed by atoms with Gasteiger partial charge in [0, 0.05) is 0 Å². The van der Waals surface area contributed by atoms with Gasteiger partial charge < -0.3 is 15.2 Å². The molecule has 0 aliphatic heterocycles. The third kappa shape index (κ3) is 2.86. The third-order valence-electron chi connectivity index (χ3n) is 3.07. The highest BCUT2D eigenvalue weighted by atomic mass is 35.5. The molecule has 20 heavy (non-hydrogen) atoms. The van der Waals surface area contributed by atoms with Crippen molar-refractivity contribution >= 4 is 11.6 Å². The van der Waals surface area contributed by atoms with Gasteiger partial charge in [0.2, 0.25) is 0 Å². The Morgan fingerprint density at radius 2 is 1.60 bits per heavy atom. The highest BCUT2D eigenvalue weighted by Gasteiger charge is 2.14. The average molecular weight is 296 g/mol. The summed E-state index contributed by atoms with van der Waals surface area (Å²) in [5.41, 5.74) is 7.58. The fourth-order valence-electron chi connectivity index (χ4n) is 1.94. The molecule has 0 saturated heterocycles. The van der Waals surface area contributed by atoms with E-state index in [2.05, 4.69) is 0 Å². The maximum atomic E-state index is 13.7. The molecule has 0 heterocycles. The largest absolute Gasteiger partial charge is 0.495 e. The number of halogens is 2. The molecule has 2 aromatic carbocycles. The number of nitrogens with two attached hydrogens (primary N) is 1. The second kappa shape index (κ2) is 6.11. The van der Waals surface area contributed by atoms with E-state index in [1.54, 1.807) is 30.3 Å². The number of rotatable bonds is 4. The van der Waals surface area contributed by atoms with E-state index in [1.807, 2.05) is 0 Å². The van der Waals surface area contributed by atoms with E-state index < -0.39 is 11.9 Å². The van der Waals surface area contributed by atoms with Gasteiger partial charge in [-0.3, -0.25) is 0 Å². The number of ether oxygens (including phenoxy) is 2. The molecule has 0 aromatic heterocycles. The molecular formula is C15H15ClFNO2. The molecule has 1 unspecified atom stereocenters. The Balaban J connectivity index is 2.35. The molecule has 5 heteroatoms. The van der Waals surface area contributed by atoms with Gasteiger partial charge in [-0.15, -0.1) is 0 Å². The van der Waals surface area contributed by atoms with Crippen molar-refractivity contribution in [2.24, 2.45) is 5.73 Å². The smallest absolute Gasteiger partial charge is 0.165 e. The molecule has 2 N–H and O–H groups in total. The van der Waals surface area contributed by atoms with E-state index in [-0.39, 0.29) is 5.75 Å². The van der Waals surface area contributed by atoms with Gasteiger partial charge in [-0.1, -0.05) is 23.7 Å². The van der Waals surface area contributed by atoms with Crippen molar-refractivity contribution in [1.29, 1.82) is 0 Å². The lowest BCUT2D eigenvalue weighted by molar-refractivity contribution is 0.386. The Labute approximate surface area is 122 Å². The molecule has 3 nitrogen and oxygen atoms in total. The van der Waals surface area contributed by atoms with E-state index in [0.717, 1.165) is 5.56 Å². The molecule has 0 radical (unpaired) electrons. The summed E-state index contributed by atoms with van der Waals surface area (Å²) in [6, 6.07) is 9.42. The van der Waals surface area contributed by atoms with Crippen molar-refractivity contribution in [1.82, 2.24) is 0 Å². The summed E-state index contributed by atoms with van der Waals surface area (Å²) in [7, 11) is 2.95. The molecule has 2 aromatic rings. The van der Waals surface area contributed by atoms with Crippen LogP contribution in [-0.2, 0) is 0 Å². The molecular weight excluding hydrogens is 281 g/mol. The zero-order chi connectivity index (χ0) is 14.7. The average Bonchev–Trinajstić information content (AvgIpc) is 2.47. The lowest BCUT2D eigenvalue weighted by atomic mass is 9.99. The van der Waals surface area contributed by atoms with E-state index in [9.17, 15) is 4.39 Å². The van der Waals surface area contributed by atoms with E-state index in [4.69, 9.17) is 26.8 Å². The maximum absolute atomic E-state index is 13.7. The second-order valence-corrected chi connectivity index (χ2v) is 4.67. The number of hydrogen-bond donors (Lipinski definition) is 1. The first kappa shape index (κ1) is 14.6. The first-order valence-corrected chi connectivity index (χ1v) is 6.37. The van der Waals surface area contributed by atoms with Gasteiger partial charge in [0.25, 0.3) is 0 Å². The Morgan fingerprint density at radius 3 is 2.20 bits per heavy atom. The Morgan fingerprint density at radius 1 is 1.00 bits per heavy atom. The van der Waals surface area contributed by atoms with Crippen molar-refractivity contribution in [3.8, 4) is 11.5 Å². The van der Waals surface area contributed by atoms with Crippen LogP contribution in [0.5, 0.6) is 11.5 Å². The minimum absolute atomic E-state index is 0.189. The summed E-state index contributed by atoms with van der Waals surface area (Å²) < 4.78 is 23.7. The third-order valence-corrected chi connectivity index (χ3v) is 3.38. The minimum Gasteiger partial charge on any atom is -0.495 e. The van der Waals surface area contributed by atoms with E-state index in [1.165, 1.54) is 20.3 Å². The van der Waals surface area contributed by atoms with Gasteiger partial charge >= 0.3 is 0 Å². The zero-order valence-corrected chi connectivity index (χ0v) is 11.9. The predicted octanol–water partition coefficient (Wildman–Crippen LogP) is 3.54. The molecule has 0 spiro atoms. The van der Waals surface area contributed by atoms with Crippen LogP contribution < -0.4 is 15.2 Å². The normalized spacial score (nSPS) is 12.1. The molecule has 1 atom stereocenters. The van der Waals surface area contributed by atoms with Crippen molar-refractivity contribution in [3.63, 3.8) is 0 Å². The Kier molecular flexibility index (Phi) is 4.47. The zero-order valence-electron chi connectivity index (χ0n) is 11.2. The summed E-state index contributed by atoms with van der Waals surface area (Å²) >= 11 is 5.97. The van der Waals surface area contributed by atoms with Crippen LogP contribution >= 0.6 is 11.6 Å². The fraction of sp³-hybridized carbons (Fsp3) is 0.200. The number of methoxy groups -OCH3 is 2. The standard InChI is InChI=1S/C15H15ClFNO2/c1-19-13-6-4-9(7-12(13)17)15(18)10-3-5-11(16)14(8-10)20-2/h3-8,15H,18H2,1-2H3. The van der Waals surface area contributed by atoms with Gasteiger partial charge in [-0.25, -0.2) is 4.39 Å². The fourth-order valence-corrected chi connectivity index (χ4v) is 2.13. The van der Waals surface area contributed by atoms with Gasteiger partial charge in [0.15, 0.2) is 11.6 Å². The number of benzene rings is 2. The Bertz CT molecular complexity index is 619. The lowest BCUT2D eigenvalue weighted by Gasteiger charge is -2.15. The first-order chi connectivity index (χ1) is 9.56. The molecule has 0 fully saturated rings. The summed E-state index contributed by atoms with van der Waals surface area (Å²) in [4.78, 5) is 0. The molecule has 0 amide bonds. The molecule has 2 rings (SSSR count). The van der Waals surface area contributed by atoms with Crippen LogP contribution in [0.4, 0.5) is 4.39 Å². The lowest BCUT2D eigenvalue weighted by Crippen LogP contribution is -2.12. The van der Waals surface area contributed by atoms with Gasteiger partial charge in [-0.05, 0) is 35.4 Å². The van der Waals surface area contributed by atoms with Gasteiger partial charge in [-0.2, -0.15) is 0 Å². The molecule has 0 aliphatic rings. The van der Waals surface area contributed by atoms with Gasteiger partial charge in [0.05, 0.1) is 25.3 Å². The van der Waals surface area contributed by atoms with Crippen LogP contribution in [0.3, 0.4) is 0 Å². The molecule has 0 aliphatic carbocycles. The van der Waals surface area contributed by atoms with Crippen LogP contribution in [0.25, 0.3) is 0 Å². The summed E-state index contributed by atoms with van der Waals surface area (Å²) in [5.74, 6) is 0.282. The highest BCUT2D eigenvalue weighted by molar-refractivity contribution is 6.32. The van der Waals surface area contributed by atoms with Crippen LogP contribution in [-0.4, -0.2) is 14.2 Å². The first-order valence-electron chi connectivity index (χ1n) is 5.99. The SMILES string of the molecule is COc1ccc(C(N)c2ccc(Cl)c(OC)c2)cc1F. The summed E-state index contributed by atoms with van der Waals surface area (Å²) in [6.45, 7) is 0. The minimum atomic E-state index is -0.471. The monoisotopic (exact) mass is 295 g/mol. The van der Waals surface area contributed by atoms with E-state index >= 15 is 0 Å². The summed E-state index contributed by atoms with van der Waals surface area (Å²) in [6.07, 6.45) is 0. The topological polar surface area (TPSA) is 44.5 Å². The highest BCUT2D eigenvalue weighted by Crippen LogP contribution is 2.30. The van der Waals surface area contributed by atoms with Crippen LogP contribution in [0, 0.1) is 5.82 Å². The van der Waals surface area contributed by atoms with E-state index in [0.29, 0.717) is 16.3 Å². The quantitative estimate of drug-likeness (QED) is 0.938. The summed E-state index contributed by atoms with van der Waals surface area (Å²) in [5, 5.41) is 0.504. The van der Waals surface area contributed by atoms with Crippen molar-refractivity contribution in [2.45, 2.75) is 6.04 Å².